The summed E-state index contributed by atoms with van der Waals surface area (Å²) in [6.45, 7) is 3.00. The minimum Gasteiger partial charge on any atom is -0.496 e. The van der Waals surface area contributed by atoms with Crippen molar-refractivity contribution in [1.82, 2.24) is 0 Å². The lowest BCUT2D eigenvalue weighted by molar-refractivity contribution is -0.222. The number of rotatable bonds is 4. The van der Waals surface area contributed by atoms with Crippen molar-refractivity contribution >= 4 is 17.6 Å². The van der Waals surface area contributed by atoms with E-state index >= 15 is 0 Å². The predicted molar refractivity (Wildman–Crippen MR) is 96.4 cm³/mol. The average molecular weight is 353 g/mol. The Kier molecular flexibility index (Phi) is 4.67. The van der Waals surface area contributed by atoms with Gasteiger partial charge in [-0.3, -0.25) is 0 Å². The molecule has 0 aliphatic carbocycles. The maximum Gasteiger partial charge on any atom is 0.350 e. The molecule has 1 heterocycles. The molecule has 1 N–H and O–H groups in total. The van der Waals surface area contributed by atoms with Gasteiger partial charge in [0.05, 0.1) is 7.11 Å². The highest BCUT2D eigenvalue weighted by molar-refractivity contribution is 6.15. The van der Waals surface area contributed by atoms with Gasteiger partial charge in [0.15, 0.2) is 5.57 Å². The van der Waals surface area contributed by atoms with Crippen LogP contribution < -0.4 is 10.1 Å². The second-order valence-corrected chi connectivity index (χ2v) is 6.16. The minimum atomic E-state index is -1.26. The molecule has 1 saturated heterocycles. The first-order valence-corrected chi connectivity index (χ1v) is 8.06. The van der Waals surface area contributed by atoms with E-state index in [0.717, 1.165) is 11.1 Å². The number of ether oxygens (including phenoxy) is 3. The zero-order valence-corrected chi connectivity index (χ0v) is 14.7. The highest BCUT2D eigenvalue weighted by atomic mass is 16.7. The molecule has 0 saturated carbocycles. The molecule has 1 aliphatic heterocycles. The van der Waals surface area contributed by atoms with Crippen molar-refractivity contribution in [2.24, 2.45) is 0 Å². The van der Waals surface area contributed by atoms with Crippen LogP contribution in [0.3, 0.4) is 0 Å². The molecule has 6 nitrogen and oxygen atoms in total. The third kappa shape index (κ3) is 3.69. The second-order valence-electron chi connectivity index (χ2n) is 6.16. The Balaban J connectivity index is 1.83. The monoisotopic (exact) mass is 353 g/mol. The first-order valence-electron chi connectivity index (χ1n) is 8.06. The molecular weight excluding hydrogens is 334 g/mol. The molecule has 2 aromatic carbocycles. The standard InChI is InChI=1S/C20H19NO5/c1-20(2)25-18(22)16(19(23)26-20)12-21-14-9-10-15(17(11-14)24-3)13-7-5-4-6-8-13/h4-12,21H,1-3H3. The Hall–Kier alpha value is -3.28. The first kappa shape index (κ1) is 17.5. The molecular formula is C20H19NO5. The van der Waals surface area contributed by atoms with Crippen LogP contribution in [0, 0.1) is 0 Å². The molecule has 134 valence electrons. The summed E-state index contributed by atoms with van der Waals surface area (Å²) in [6, 6.07) is 15.3. The van der Waals surface area contributed by atoms with Gasteiger partial charge in [0, 0.05) is 37.4 Å². The highest BCUT2D eigenvalue weighted by Crippen LogP contribution is 2.32. The summed E-state index contributed by atoms with van der Waals surface area (Å²) >= 11 is 0. The number of hydrogen-bond donors (Lipinski definition) is 1. The van der Waals surface area contributed by atoms with E-state index in [1.807, 2.05) is 42.5 Å². The zero-order chi connectivity index (χ0) is 18.7. The number of carbonyl (C=O) groups excluding carboxylic acids is 2. The van der Waals surface area contributed by atoms with Crippen LogP contribution in [0.2, 0.25) is 0 Å². The average Bonchev–Trinajstić information content (AvgIpc) is 2.60. The summed E-state index contributed by atoms with van der Waals surface area (Å²) in [5.41, 5.74) is 2.41. The highest BCUT2D eigenvalue weighted by Gasteiger charge is 2.38. The van der Waals surface area contributed by atoms with Gasteiger partial charge in [-0.15, -0.1) is 0 Å². The van der Waals surface area contributed by atoms with E-state index in [9.17, 15) is 9.59 Å². The molecule has 1 fully saturated rings. The van der Waals surface area contributed by atoms with E-state index in [1.165, 1.54) is 20.0 Å². The summed E-state index contributed by atoms with van der Waals surface area (Å²) in [5.74, 6) is -2.06. The molecule has 0 radical (unpaired) electrons. The van der Waals surface area contributed by atoms with Crippen LogP contribution in [0.5, 0.6) is 5.75 Å². The van der Waals surface area contributed by atoms with Crippen molar-refractivity contribution < 1.29 is 23.8 Å². The third-order valence-corrected chi connectivity index (χ3v) is 3.79. The smallest absolute Gasteiger partial charge is 0.350 e. The fourth-order valence-corrected chi connectivity index (χ4v) is 2.57. The van der Waals surface area contributed by atoms with Crippen molar-refractivity contribution in [3.8, 4) is 16.9 Å². The zero-order valence-electron chi connectivity index (χ0n) is 14.7. The van der Waals surface area contributed by atoms with E-state index < -0.39 is 17.7 Å². The molecule has 0 amide bonds. The molecule has 0 spiro atoms. The Bertz CT molecular complexity index is 849. The normalized spacial score (nSPS) is 15.7. The van der Waals surface area contributed by atoms with Crippen molar-refractivity contribution in [1.29, 1.82) is 0 Å². The molecule has 0 aromatic heterocycles. The minimum absolute atomic E-state index is 0.199. The Morgan fingerprint density at radius 2 is 1.65 bits per heavy atom. The second kappa shape index (κ2) is 6.92. The van der Waals surface area contributed by atoms with E-state index in [4.69, 9.17) is 14.2 Å². The van der Waals surface area contributed by atoms with Gasteiger partial charge in [-0.2, -0.15) is 0 Å². The number of benzene rings is 2. The molecule has 26 heavy (non-hydrogen) atoms. The maximum atomic E-state index is 11.9. The van der Waals surface area contributed by atoms with E-state index in [-0.39, 0.29) is 5.57 Å². The van der Waals surface area contributed by atoms with Gasteiger partial charge in [0.2, 0.25) is 0 Å². The fraction of sp³-hybridized carbons (Fsp3) is 0.200. The van der Waals surface area contributed by atoms with Crippen LogP contribution in [0.25, 0.3) is 11.1 Å². The van der Waals surface area contributed by atoms with E-state index in [2.05, 4.69) is 5.32 Å². The van der Waals surface area contributed by atoms with Gasteiger partial charge in [-0.25, -0.2) is 9.59 Å². The number of cyclic esters (lactones) is 2. The van der Waals surface area contributed by atoms with Gasteiger partial charge < -0.3 is 19.5 Å². The Labute approximate surface area is 151 Å². The number of methoxy groups -OCH3 is 1. The van der Waals surface area contributed by atoms with E-state index in [0.29, 0.717) is 11.4 Å². The fourth-order valence-electron chi connectivity index (χ4n) is 2.57. The van der Waals surface area contributed by atoms with Gasteiger partial charge >= 0.3 is 11.9 Å². The summed E-state index contributed by atoms with van der Waals surface area (Å²) in [7, 11) is 1.59. The number of nitrogens with one attached hydrogen (secondary N) is 1. The quantitative estimate of drug-likeness (QED) is 0.515. The van der Waals surface area contributed by atoms with Gasteiger partial charge in [-0.05, 0) is 17.7 Å². The molecule has 3 rings (SSSR count). The van der Waals surface area contributed by atoms with Crippen LogP contribution in [0.15, 0.2) is 60.3 Å². The molecule has 1 aliphatic rings. The van der Waals surface area contributed by atoms with Crippen molar-refractivity contribution in [3.05, 3.63) is 60.3 Å². The third-order valence-electron chi connectivity index (χ3n) is 3.79. The largest absolute Gasteiger partial charge is 0.496 e. The first-order chi connectivity index (χ1) is 12.4. The SMILES string of the molecule is COc1cc(NC=C2C(=O)OC(C)(C)OC2=O)ccc1-c1ccccc1. The van der Waals surface area contributed by atoms with Crippen LogP contribution in [0.1, 0.15) is 13.8 Å². The molecule has 0 bridgehead atoms. The van der Waals surface area contributed by atoms with Gasteiger partial charge in [0.1, 0.15) is 5.75 Å². The van der Waals surface area contributed by atoms with Crippen LogP contribution in [0.4, 0.5) is 5.69 Å². The molecule has 0 atom stereocenters. The number of anilines is 1. The number of esters is 2. The molecule has 6 heteroatoms. The Morgan fingerprint density at radius 1 is 1.00 bits per heavy atom. The Morgan fingerprint density at radius 3 is 2.27 bits per heavy atom. The van der Waals surface area contributed by atoms with Crippen molar-refractivity contribution in [2.75, 3.05) is 12.4 Å². The van der Waals surface area contributed by atoms with Crippen LogP contribution >= 0.6 is 0 Å². The van der Waals surface area contributed by atoms with Crippen LogP contribution in [-0.4, -0.2) is 24.8 Å². The maximum absolute atomic E-state index is 11.9. The summed E-state index contributed by atoms with van der Waals surface area (Å²) in [5, 5.41) is 2.91. The molecule has 2 aromatic rings. The lowest BCUT2D eigenvalue weighted by Gasteiger charge is -2.29. The van der Waals surface area contributed by atoms with Crippen molar-refractivity contribution in [3.63, 3.8) is 0 Å². The lowest BCUT2D eigenvalue weighted by atomic mass is 10.0. The molecule has 0 unspecified atom stereocenters. The summed E-state index contributed by atoms with van der Waals surface area (Å²) in [6.07, 6.45) is 1.27. The van der Waals surface area contributed by atoms with Gasteiger partial charge in [-0.1, -0.05) is 30.3 Å². The van der Waals surface area contributed by atoms with Crippen molar-refractivity contribution in [2.45, 2.75) is 19.6 Å². The predicted octanol–water partition coefficient (Wildman–Crippen LogP) is 3.49. The number of carbonyl (C=O) groups is 2. The number of hydrogen-bond acceptors (Lipinski definition) is 6. The van der Waals surface area contributed by atoms with Crippen LogP contribution in [-0.2, 0) is 19.1 Å². The summed E-state index contributed by atoms with van der Waals surface area (Å²) in [4.78, 5) is 23.9. The lowest BCUT2D eigenvalue weighted by Crippen LogP contribution is -2.42. The van der Waals surface area contributed by atoms with E-state index in [1.54, 1.807) is 13.2 Å². The van der Waals surface area contributed by atoms with Gasteiger partial charge in [0.25, 0.3) is 5.79 Å². The topological polar surface area (TPSA) is 73.9 Å². The summed E-state index contributed by atoms with van der Waals surface area (Å²) < 4.78 is 15.6.